The van der Waals surface area contributed by atoms with E-state index in [1.165, 1.54) is 4.57 Å². The molecular weight excluding hydrogens is 300 g/mol. The maximum atomic E-state index is 12.7. The molecule has 0 amide bonds. The maximum absolute atomic E-state index is 12.7. The van der Waals surface area contributed by atoms with Crippen molar-refractivity contribution in [2.24, 2.45) is 0 Å². The number of nitrogens with zero attached hydrogens (tertiary/aromatic N) is 2. The van der Waals surface area contributed by atoms with Gasteiger partial charge in [0, 0.05) is 17.5 Å². The van der Waals surface area contributed by atoms with Crippen LogP contribution in [0.1, 0.15) is 16.8 Å². The average molecular weight is 318 g/mol. The van der Waals surface area contributed by atoms with Crippen molar-refractivity contribution >= 4 is 12.3 Å². The van der Waals surface area contributed by atoms with Crippen LogP contribution in [0.5, 0.6) is 5.75 Å². The molecule has 1 heterocycles. The lowest BCUT2D eigenvalue weighted by atomic mass is 10.1. The highest BCUT2D eigenvalue weighted by Gasteiger charge is 2.14. The normalized spacial score (nSPS) is 11.1. The minimum atomic E-state index is -0.145. The van der Waals surface area contributed by atoms with Crippen LogP contribution in [0.25, 0.3) is 23.7 Å². The van der Waals surface area contributed by atoms with Gasteiger partial charge in [-0.3, -0.25) is 9.36 Å². The van der Waals surface area contributed by atoms with E-state index in [4.69, 9.17) is 0 Å². The van der Waals surface area contributed by atoms with Gasteiger partial charge in [-0.1, -0.05) is 42.5 Å². The van der Waals surface area contributed by atoms with Crippen molar-refractivity contribution in [1.82, 2.24) is 9.55 Å². The number of phenolic OH excluding ortho intramolecular Hbond substituents is 1. The van der Waals surface area contributed by atoms with Gasteiger partial charge in [-0.2, -0.15) is 0 Å². The zero-order chi connectivity index (χ0) is 17.1. The molecule has 0 saturated heterocycles. The number of hydrogen-bond acceptors (Lipinski definition) is 3. The molecule has 4 nitrogen and oxygen atoms in total. The lowest BCUT2D eigenvalue weighted by Crippen LogP contribution is -2.22. The lowest BCUT2D eigenvalue weighted by Gasteiger charge is -2.12. The number of rotatable bonds is 3. The second kappa shape index (κ2) is 6.54. The molecule has 1 aromatic heterocycles. The molecule has 4 heteroatoms. The third kappa shape index (κ3) is 2.99. The molecule has 0 atom stereocenters. The summed E-state index contributed by atoms with van der Waals surface area (Å²) in [6.07, 6.45) is 3.54. The van der Waals surface area contributed by atoms with E-state index in [2.05, 4.69) is 4.98 Å². The van der Waals surface area contributed by atoms with Crippen molar-refractivity contribution in [3.8, 4) is 17.1 Å². The second-order valence-electron chi connectivity index (χ2n) is 5.56. The van der Waals surface area contributed by atoms with Gasteiger partial charge in [0.15, 0.2) is 5.82 Å². The Morgan fingerprint density at radius 1 is 1.00 bits per heavy atom. The number of aryl methyl sites for hydroxylation is 1. The van der Waals surface area contributed by atoms with Crippen LogP contribution in [-0.2, 0) is 0 Å². The maximum Gasteiger partial charge on any atom is 0.261 e. The molecule has 0 aliphatic carbocycles. The Labute approximate surface area is 140 Å². The minimum Gasteiger partial charge on any atom is -0.507 e. The van der Waals surface area contributed by atoms with Gasteiger partial charge in [-0.05, 0) is 37.6 Å². The molecule has 0 aliphatic heterocycles. The molecule has 24 heavy (non-hydrogen) atoms. The van der Waals surface area contributed by atoms with E-state index < -0.39 is 0 Å². The molecular formula is C20H18N2O2. The number of aromatic hydroxyl groups is 1. The molecule has 3 aromatic rings. The number of hydrogen-bond donors (Lipinski definition) is 1. The highest BCUT2D eigenvalue weighted by atomic mass is 16.3. The number of phenols is 1. The van der Waals surface area contributed by atoms with E-state index in [1.807, 2.05) is 42.5 Å². The van der Waals surface area contributed by atoms with Gasteiger partial charge in [-0.15, -0.1) is 0 Å². The summed E-state index contributed by atoms with van der Waals surface area (Å²) in [5.74, 6) is 0.517. The molecule has 3 rings (SSSR count). The van der Waals surface area contributed by atoms with E-state index in [9.17, 15) is 9.90 Å². The van der Waals surface area contributed by atoms with E-state index in [-0.39, 0.29) is 11.3 Å². The summed E-state index contributed by atoms with van der Waals surface area (Å²) in [4.78, 5) is 17.2. The molecule has 0 unspecified atom stereocenters. The molecule has 0 bridgehead atoms. The van der Waals surface area contributed by atoms with Gasteiger partial charge in [-0.25, -0.2) is 4.98 Å². The predicted molar refractivity (Wildman–Crippen MR) is 96.7 cm³/mol. The van der Waals surface area contributed by atoms with Gasteiger partial charge in [0.05, 0.1) is 5.56 Å². The predicted octanol–water partition coefficient (Wildman–Crippen LogP) is 3.86. The summed E-state index contributed by atoms with van der Waals surface area (Å²) in [5, 5.41) is 10.1. The van der Waals surface area contributed by atoms with E-state index in [1.54, 1.807) is 38.2 Å². The fraction of sp³-hybridized carbons (Fsp3) is 0.100. The van der Waals surface area contributed by atoms with Gasteiger partial charge < -0.3 is 5.11 Å². The summed E-state index contributed by atoms with van der Waals surface area (Å²) >= 11 is 0. The van der Waals surface area contributed by atoms with Gasteiger partial charge in [0.2, 0.25) is 0 Å². The molecule has 1 N–H and O–H groups in total. The van der Waals surface area contributed by atoms with Crippen LogP contribution >= 0.6 is 0 Å². The van der Waals surface area contributed by atoms with Crippen molar-refractivity contribution < 1.29 is 5.11 Å². The molecule has 0 saturated carbocycles. The highest BCUT2D eigenvalue weighted by Crippen LogP contribution is 2.27. The van der Waals surface area contributed by atoms with E-state index in [0.29, 0.717) is 22.6 Å². The third-order valence-electron chi connectivity index (χ3n) is 3.94. The first-order chi connectivity index (χ1) is 11.6. The Bertz CT molecular complexity index is 957. The first kappa shape index (κ1) is 15.7. The van der Waals surface area contributed by atoms with Crippen LogP contribution in [0.2, 0.25) is 0 Å². The Hall–Kier alpha value is -3.14. The summed E-state index contributed by atoms with van der Waals surface area (Å²) in [6.45, 7) is 3.55. The summed E-state index contributed by atoms with van der Waals surface area (Å²) in [6, 6.07) is 16.6. The van der Waals surface area contributed by atoms with Crippen LogP contribution in [0.4, 0.5) is 0 Å². The molecule has 0 radical (unpaired) electrons. The average Bonchev–Trinajstić information content (AvgIpc) is 2.60. The Morgan fingerprint density at radius 3 is 2.38 bits per heavy atom. The Kier molecular flexibility index (Phi) is 4.29. The van der Waals surface area contributed by atoms with Crippen molar-refractivity contribution in [2.75, 3.05) is 0 Å². The van der Waals surface area contributed by atoms with E-state index in [0.717, 1.165) is 5.56 Å². The van der Waals surface area contributed by atoms with Crippen LogP contribution in [0, 0.1) is 13.8 Å². The third-order valence-corrected chi connectivity index (χ3v) is 3.94. The van der Waals surface area contributed by atoms with Crippen LogP contribution in [0.3, 0.4) is 0 Å². The summed E-state index contributed by atoms with van der Waals surface area (Å²) in [7, 11) is 0. The van der Waals surface area contributed by atoms with Gasteiger partial charge in [0.1, 0.15) is 5.75 Å². The van der Waals surface area contributed by atoms with Gasteiger partial charge in [0.25, 0.3) is 5.56 Å². The molecule has 0 fully saturated rings. The fourth-order valence-corrected chi connectivity index (χ4v) is 2.44. The van der Waals surface area contributed by atoms with E-state index >= 15 is 0 Å². The van der Waals surface area contributed by atoms with Crippen molar-refractivity contribution in [1.29, 1.82) is 0 Å². The number of aromatic nitrogens is 2. The molecule has 120 valence electrons. The minimum absolute atomic E-state index is 0.0921. The molecule has 2 aromatic carbocycles. The molecule has 0 spiro atoms. The Balaban J connectivity index is 2.21. The number of para-hydroxylation sites is 1. The SMILES string of the molecule is Cc1nc(-c2ccccc2O)n(C=Cc2ccccc2)c(=O)c1C. The Morgan fingerprint density at radius 2 is 1.67 bits per heavy atom. The quantitative estimate of drug-likeness (QED) is 0.798. The first-order valence-electron chi connectivity index (χ1n) is 7.69. The number of benzene rings is 2. The fourth-order valence-electron chi connectivity index (χ4n) is 2.44. The molecule has 0 aliphatic rings. The first-order valence-corrected chi connectivity index (χ1v) is 7.69. The largest absolute Gasteiger partial charge is 0.507 e. The summed E-state index contributed by atoms with van der Waals surface area (Å²) < 4.78 is 1.48. The monoisotopic (exact) mass is 318 g/mol. The van der Waals surface area contributed by atoms with Crippen LogP contribution in [0.15, 0.2) is 59.4 Å². The second-order valence-corrected chi connectivity index (χ2v) is 5.56. The highest BCUT2D eigenvalue weighted by molar-refractivity contribution is 5.69. The van der Waals surface area contributed by atoms with Gasteiger partial charge >= 0.3 is 0 Å². The van der Waals surface area contributed by atoms with Crippen LogP contribution in [-0.4, -0.2) is 14.7 Å². The topological polar surface area (TPSA) is 55.1 Å². The smallest absolute Gasteiger partial charge is 0.261 e. The lowest BCUT2D eigenvalue weighted by molar-refractivity contribution is 0.476. The zero-order valence-corrected chi connectivity index (χ0v) is 13.6. The zero-order valence-electron chi connectivity index (χ0n) is 13.6. The van der Waals surface area contributed by atoms with Crippen molar-refractivity contribution in [2.45, 2.75) is 13.8 Å². The standard InChI is InChI=1S/C20H18N2O2/c1-14-15(2)21-19(17-10-6-7-11-18(17)23)22(20(14)24)13-12-16-8-4-3-5-9-16/h3-13,23H,1-2H3. The van der Waals surface area contributed by atoms with Crippen molar-refractivity contribution in [3.05, 3.63) is 81.8 Å². The summed E-state index contributed by atoms with van der Waals surface area (Å²) in [5.41, 5.74) is 2.60. The van der Waals surface area contributed by atoms with Crippen molar-refractivity contribution in [3.63, 3.8) is 0 Å². The van der Waals surface area contributed by atoms with Crippen LogP contribution < -0.4 is 5.56 Å².